The molecule has 3 nitrogen and oxygen atoms in total. The second-order valence-electron chi connectivity index (χ2n) is 3.14. The minimum Gasteiger partial charge on any atom is -0.454 e. The van der Waals surface area contributed by atoms with Crippen LogP contribution in [-0.2, 0) is 14.3 Å². The van der Waals surface area contributed by atoms with Gasteiger partial charge in [0.2, 0.25) is 0 Å². The predicted octanol–water partition coefficient (Wildman–Crippen LogP) is 1.23. The summed E-state index contributed by atoms with van der Waals surface area (Å²) in [7, 11) is 0. The maximum Gasteiger partial charge on any atom is 0.306 e. The van der Waals surface area contributed by atoms with Gasteiger partial charge in [0, 0.05) is 12.8 Å². The van der Waals surface area contributed by atoms with Crippen LogP contribution in [0, 0.1) is 0 Å². The van der Waals surface area contributed by atoms with Crippen molar-refractivity contribution < 1.29 is 14.3 Å². The van der Waals surface area contributed by atoms with Gasteiger partial charge in [-0.25, -0.2) is 0 Å². The van der Waals surface area contributed by atoms with Crippen molar-refractivity contribution in [3.63, 3.8) is 0 Å². The van der Waals surface area contributed by atoms with E-state index in [0.717, 1.165) is 5.57 Å². The molecule has 0 N–H and O–H groups in total. The zero-order valence-electron chi connectivity index (χ0n) is 7.29. The van der Waals surface area contributed by atoms with E-state index in [-0.39, 0.29) is 11.8 Å². The average Bonchev–Trinajstić information content (AvgIpc) is 2.34. The summed E-state index contributed by atoms with van der Waals surface area (Å²) in [5.41, 5.74) is 0.933. The highest BCUT2D eigenvalue weighted by Crippen LogP contribution is 2.15. The number of hydrogen-bond donors (Lipinski definition) is 0. The third kappa shape index (κ3) is 2.19. The predicted molar refractivity (Wildman–Crippen MR) is 43.6 cm³/mol. The van der Waals surface area contributed by atoms with E-state index in [4.69, 9.17) is 4.74 Å². The Bertz CT molecular complexity index is 236. The second kappa shape index (κ2) is 3.52. The molecular formula is C9H12O3. The molecule has 1 aliphatic heterocycles. The monoisotopic (exact) mass is 168 g/mol. The van der Waals surface area contributed by atoms with Gasteiger partial charge in [-0.2, -0.15) is 0 Å². The van der Waals surface area contributed by atoms with Crippen LogP contribution in [0.15, 0.2) is 11.6 Å². The van der Waals surface area contributed by atoms with Crippen molar-refractivity contribution in [2.45, 2.75) is 32.8 Å². The average molecular weight is 168 g/mol. The van der Waals surface area contributed by atoms with E-state index in [1.165, 1.54) is 6.08 Å². The van der Waals surface area contributed by atoms with Crippen molar-refractivity contribution in [1.29, 1.82) is 0 Å². The van der Waals surface area contributed by atoms with Gasteiger partial charge in [-0.3, -0.25) is 9.59 Å². The van der Waals surface area contributed by atoms with Crippen LogP contribution in [-0.4, -0.2) is 17.9 Å². The number of cyclic esters (lactones) is 1. The number of ketones is 1. The molecule has 1 aliphatic rings. The maximum atomic E-state index is 11.2. The number of esters is 1. The van der Waals surface area contributed by atoms with Gasteiger partial charge in [0.1, 0.15) is 0 Å². The first-order valence-electron chi connectivity index (χ1n) is 3.98. The van der Waals surface area contributed by atoms with Crippen molar-refractivity contribution in [3.05, 3.63) is 11.6 Å². The normalized spacial score (nSPS) is 21.8. The minimum absolute atomic E-state index is 0.0964. The number of rotatable bonds is 2. The summed E-state index contributed by atoms with van der Waals surface area (Å²) in [5, 5.41) is 0. The summed E-state index contributed by atoms with van der Waals surface area (Å²) >= 11 is 0. The van der Waals surface area contributed by atoms with Gasteiger partial charge in [0.05, 0.1) is 0 Å². The lowest BCUT2D eigenvalue weighted by atomic mass is 10.1. The van der Waals surface area contributed by atoms with Crippen LogP contribution in [0.25, 0.3) is 0 Å². The molecular weight excluding hydrogens is 156 g/mol. The molecule has 0 saturated carbocycles. The molecule has 0 aromatic rings. The number of hydrogen-bond acceptors (Lipinski definition) is 3. The molecule has 12 heavy (non-hydrogen) atoms. The van der Waals surface area contributed by atoms with Crippen molar-refractivity contribution in [1.82, 2.24) is 0 Å². The largest absolute Gasteiger partial charge is 0.454 e. The quantitative estimate of drug-likeness (QED) is 0.460. The van der Waals surface area contributed by atoms with Gasteiger partial charge in [-0.05, 0) is 19.9 Å². The molecule has 1 fully saturated rings. The minimum atomic E-state index is -0.521. The highest BCUT2D eigenvalue weighted by Gasteiger charge is 2.27. The summed E-state index contributed by atoms with van der Waals surface area (Å²) in [5.74, 6) is -0.364. The summed E-state index contributed by atoms with van der Waals surface area (Å²) in [6.45, 7) is 3.68. The fraction of sp³-hybridized carbons (Fsp3) is 0.556. The molecule has 0 aliphatic carbocycles. The summed E-state index contributed by atoms with van der Waals surface area (Å²) in [6.07, 6.45) is 1.89. The molecule has 1 heterocycles. The lowest BCUT2D eigenvalue weighted by molar-refractivity contribution is -0.145. The zero-order chi connectivity index (χ0) is 9.14. The molecule has 0 spiro atoms. The lowest BCUT2D eigenvalue weighted by Gasteiger charge is -2.03. The number of ether oxygens (including phenoxy) is 1. The van der Waals surface area contributed by atoms with Crippen molar-refractivity contribution in [2.75, 3.05) is 0 Å². The first-order chi connectivity index (χ1) is 5.59. The zero-order valence-corrected chi connectivity index (χ0v) is 7.29. The Balaban J connectivity index is 2.55. The van der Waals surface area contributed by atoms with Gasteiger partial charge in [0.25, 0.3) is 0 Å². The Morgan fingerprint density at radius 3 is 2.67 bits per heavy atom. The van der Waals surface area contributed by atoms with Crippen LogP contribution >= 0.6 is 0 Å². The summed E-state index contributed by atoms with van der Waals surface area (Å²) < 4.78 is 4.79. The molecule has 1 atom stereocenters. The molecule has 66 valence electrons. The van der Waals surface area contributed by atoms with E-state index < -0.39 is 6.10 Å². The van der Waals surface area contributed by atoms with Gasteiger partial charge in [-0.15, -0.1) is 0 Å². The van der Waals surface area contributed by atoms with Crippen LogP contribution in [0.1, 0.15) is 26.7 Å². The Morgan fingerprint density at radius 1 is 1.58 bits per heavy atom. The molecule has 0 aromatic heterocycles. The van der Waals surface area contributed by atoms with E-state index in [9.17, 15) is 9.59 Å². The van der Waals surface area contributed by atoms with Crippen LogP contribution < -0.4 is 0 Å². The molecule has 0 amide bonds. The Hall–Kier alpha value is -1.12. The second-order valence-corrected chi connectivity index (χ2v) is 3.14. The van der Waals surface area contributed by atoms with E-state index >= 15 is 0 Å². The van der Waals surface area contributed by atoms with Crippen molar-refractivity contribution >= 4 is 11.8 Å². The topological polar surface area (TPSA) is 43.4 Å². The standard InChI is InChI=1S/C9H12O3/c1-6(2)5-7(10)8-3-4-9(11)12-8/h5,8H,3-4H2,1-2H3. The SMILES string of the molecule is CC(C)=CC(=O)C1CCC(=O)O1. The third-order valence-electron chi connectivity index (χ3n) is 1.63. The molecule has 0 radical (unpaired) electrons. The van der Waals surface area contributed by atoms with E-state index in [1.807, 2.05) is 13.8 Å². The Kier molecular flexibility index (Phi) is 2.63. The Morgan fingerprint density at radius 2 is 2.25 bits per heavy atom. The third-order valence-corrected chi connectivity index (χ3v) is 1.63. The molecule has 1 unspecified atom stereocenters. The lowest BCUT2D eigenvalue weighted by Crippen LogP contribution is -2.17. The number of carbonyl (C=O) groups excluding carboxylic acids is 2. The number of carbonyl (C=O) groups is 2. The highest BCUT2D eigenvalue weighted by molar-refractivity contribution is 5.96. The molecule has 0 bridgehead atoms. The van der Waals surface area contributed by atoms with Gasteiger partial charge < -0.3 is 4.74 Å². The van der Waals surface area contributed by atoms with Gasteiger partial charge >= 0.3 is 5.97 Å². The maximum absolute atomic E-state index is 11.2. The first-order valence-corrected chi connectivity index (χ1v) is 3.98. The van der Waals surface area contributed by atoms with Crippen LogP contribution in [0.2, 0.25) is 0 Å². The summed E-state index contributed by atoms with van der Waals surface area (Å²) in [4.78, 5) is 21.9. The Labute approximate surface area is 71.4 Å². The molecule has 0 aromatic carbocycles. The van der Waals surface area contributed by atoms with E-state index in [0.29, 0.717) is 12.8 Å². The molecule has 1 saturated heterocycles. The number of allylic oxidation sites excluding steroid dienone is 1. The first kappa shape index (κ1) is 8.97. The van der Waals surface area contributed by atoms with E-state index in [2.05, 4.69) is 0 Å². The molecule has 1 rings (SSSR count). The van der Waals surface area contributed by atoms with Crippen LogP contribution in [0.4, 0.5) is 0 Å². The highest BCUT2D eigenvalue weighted by atomic mass is 16.6. The fourth-order valence-corrected chi connectivity index (χ4v) is 1.10. The fourth-order valence-electron chi connectivity index (χ4n) is 1.10. The van der Waals surface area contributed by atoms with Crippen molar-refractivity contribution in [2.24, 2.45) is 0 Å². The van der Waals surface area contributed by atoms with Crippen molar-refractivity contribution in [3.8, 4) is 0 Å². The van der Waals surface area contributed by atoms with E-state index in [1.54, 1.807) is 0 Å². The van der Waals surface area contributed by atoms with Crippen LogP contribution in [0.3, 0.4) is 0 Å². The summed E-state index contributed by atoms with van der Waals surface area (Å²) in [6, 6.07) is 0. The van der Waals surface area contributed by atoms with Gasteiger partial charge in [0.15, 0.2) is 11.9 Å². The van der Waals surface area contributed by atoms with Crippen LogP contribution in [0.5, 0.6) is 0 Å². The smallest absolute Gasteiger partial charge is 0.306 e. The molecule has 3 heteroatoms. The van der Waals surface area contributed by atoms with Gasteiger partial charge in [-0.1, -0.05) is 5.57 Å².